The van der Waals surface area contributed by atoms with Gasteiger partial charge in [0, 0.05) is 24.4 Å². The van der Waals surface area contributed by atoms with Gasteiger partial charge in [-0.1, -0.05) is 25.3 Å². The third kappa shape index (κ3) is 5.72. The molecule has 0 spiro atoms. The van der Waals surface area contributed by atoms with E-state index in [9.17, 15) is 4.79 Å². The number of hydrogen-bond acceptors (Lipinski definition) is 4. The Morgan fingerprint density at radius 1 is 1.24 bits per heavy atom. The third-order valence-electron chi connectivity index (χ3n) is 5.17. The third-order valence-corrected chi connectivity index (χ3v) is 5.17. The molecule has 3 rings (SSSR count). The molecule has 1 aromatic rings. The quantitative estimate of drug-likeness (QED) is 0.822. The SMILES string of the molecule is CN(CC(=O)Nc1cccc(OCC2CCCO2)c1)C1CCCCC1. The van der Waals surface area contributed by atoms with Gasteiger partial charge in [0.25, 0.3) is 0 Å². The molecule has 2 fully saturated rings. The fraction of sp³-hybridized carbons (Fsp3) is 0.650. The van der Waals surface area contributed by atoms with E-state index in [1.54, 1.807) is 0 Å². The molecule has 1 heterocycles. The smallest absolute Gasteiger partial charge is 0.238 e. The number of nitrogens with zero attached hydrogens (tertiary/aromatic N) is 1. The predicted octanol–water partition coefficient (Wildman–Crippen LogP) is 3.45. The Kier molecular flexibility index (Phi) is 6.70. The summed E-state index contributed by atoms with van der Waals surface area (Å²) < 4.78 is 11.4. The largest absolute Gasteiger partial charge is 0.491 e. The Morgan fingerprint density at radius 3 is 2.84 bits per heavy atom. The molecule has 5 heteroatoms. The first-order chi connectivity index (χ1) is 12.2. The van der Waals surface area contributed by atoms with Crippen LogP contribution < -0.4 is 10.1 Å². The van der Waals surface area contributed by atoms with Crippen molar-refractivity contribution >= 4 is 11.6 Å². The highest BCUT2D eigenvalue weighted by atomic mass is 16.5. The number of carbonyl (C=O) groups excluding carboxylic acids is 1. The average molecular weight is 346 g/mol. The molecule has 1 saturated heterocycles. The van der Waals surface area contributed by atoms with Gasteiger partial charge in [0.2, 0.25) is 5.91 Å². The van der Waals surface area contributed by atoms with Crippen LogP contribution in [0.4, 0.5) is 5.69 Å². The molecule has 1 saturated carbocycles. The van der Waals surface area contributed by atoms with Crippen LogP contribution in [-0.4, -0.2) is 49.8 Å². The Morgan fingerprint density at radius 2 is 2.08 bits per heavy atom. The lowest BCUT2D eigenvalue weighted by Gasteiger charge is -2.30. The zero-order valence-corrected chi connectivity index (χ0v) is 15.2. The van der Waals surface area contributed by atoms with Gasteiger partial charge in [-0.15, -0.1) is 0 Å². The molecule has 1 aromatic carbocycles. The van der Waals surface area contributed by atoms with Crippen molar-refractivity contribution in [2.45, 2.75) is 57.1 Å². The Hall–Kier alpha value is -1.59. The highest BCUT2D eigenvalue weighted by Gasteiger charge is 2.20. The average Bonchev–Trinajstić information content (AvgIpc) is 3.14. The zero-order chi connectivity index (χ0) is 17.5. The molecule has 0 bridgehead atoms. The molecule has 0 radical (unpaired) electrons. The van der Waals surface area contributed by atoms with Gasteiger partial charge in [-0.3, -0.25) is 9.69 Å². The van der Waals surface area contributed by atoms with Crippen molar-refractivity contribution in [3.63, 3.8) is 0 Å². The molecule has 2 aliphatic rings. The summed E-state index contributed by atoms with van der Waals surface area (Å²) in [6.07, 6.45) is 8.66. The summed E-state index contributed by atoms with van der Waals surface area (Å²) in [5.74, 6) is 0.804. The molecule has 1 unspecified atom stereocenters. The summed E-state index contributed by atoms with van der Waals surface area (Å²) in [6.45, 7) is 1.84. The summed E-state index contributed by atoms with van der Waals surface area (Å²) >= 11 is 0. The van der Waals surface area contributed by atoms with Crippen LogP contribution in [0.3, 0.4) is 0 Å². The van der Waals surface area contributed by atoms with Gasteiger partial charge in [-0.2, -0.15) is 0 Å². The lowest BCUT2D eigenvalue weighted by molar-refractivity contribution is -0.117. The van der Waals surface area contributed by atoms with E-state index in [2.05, 4.69) is 17.3 Å². The number of ether oxygens (including phenoxy) is 2. The summed E-state index contributed by atoms with van der Waals surface area (Å²) in [6, 6.07) is 8.15. The Labute approximate surface area is 150 Å². The van der Waals surface area contributed by atoms with E-state index in [1.165, 1.54) is 32.1 Å². The summed E-state index contributed by atoms with van der Waals surface area (Å²) in [5.41, 5.74) is 0.784. The van der Waals surface area contributed by atoms with Crippen LogP contribution in [0, 0.1) is 0 Å². The molecule has 138 valence electrons. The maximum Gasteiger partial charge on any atom is 0.238 e. The minimum atomic E-state index is 0.0318. The van der Waals surface area contributed by atoms with Gasteiger partial charge in [-0.25, -0.2) is 0 Å². The number of rotatable bonds is 7. The van der Waals surface area contributed by atoms with Crippen LogP contribution in [0.1, 0.15) is 44.9 Å². The van der Waals surface area contributed by atoms with Gasteiger partial charge in [0.05, 0.1) is 12.6 Å². The Balaban J connectivity index is 1.46. The monoisotopic (exact) mass is 346 g/mol. The Bertz CT molecular complexity index is 552. The molecule has 1 atom stereocenters. The van der Waals surface area contributed by atoms with E-state index in [1.807, 2.05) is 24.3 Å². The fourth-order valence-electron chi connectivity index (χ4n) is 3.71. The van der Waals surface area contributed by atoms with Crippen LogP contribution in [0.15, 0.2) is 24.3 Å². The van der Waals surface area contributed by atoms with Crippen LogP contribution in [0.5, 0.6) is 5.75 Å². The van der Waals surface area contributed by atoms with Crippen molar-refractivity contribution in [2.75, 3.05) is 32.1 Å². The molecule has 1 aliphatic carbocycles. The van der Waals surface area contributed by atoms with Crippen LogP contribution in [0.25, 0.3) is 0 Å². The minimum absolute atomic E-state index is 0.0318. The van der Waals surface area contributed by atoms with Crippen LogP contribution in [0.2, 0.25) is 0 Å². The summed E-state index contributed by atoms with van der Waals surface area (Å²) in [7, 11) is 2.05. The lowest BCUT2D eigenvalue weighted by Crippen LogP contribution is -2.39. The number of anilines is 1. The predicted molar refractivity (Wildman–Crippen MR) is 99.0 cm³/mol. The van der Waals surface area contributed by atoms with Gasteiger partial charge in [-0.05, 0) is 44.9 Å². The normalized spacial score (nSPS) is 21.4. The molecule has 1 amide bonds. The maximum absolute atomic E-state index is 12.3. The second-order valence-electron chi connectivity index (χ2n) is 7.23. The van der Waals surface area contributed by atoms with Crippen LogP contribution >= 0.6 is 0 Å². The van der Waals surface area contributed by atoms with Crippen molar-refractivity contribution in [3.8, 4) is 5.75 Å². The second kappa shape index (κ2) is 9.20. The van der Waals surface area contributed by atoms with Crippen molar-refractivity contribution < 1.29 is 14.3 Å². The van der Waals surface area contributed by atoms with Crippen molar-refractivity contribution in [3.05, 3.63) is 24.3 Å². The first-order valence-corrected chi connectivity index (χ1v) is 9.55. The van der Waals surface area contributed by atoms with Crippen molar-refractivity contribution in [2.24, 2.45) is 0 Å². The molecular weight excluding hydrogens is 316 g/mol. The number of benzene rings is 1. The number of hydrogen-bond donors (Lipinski definition) is 1. The first kappa shape index (κ1) is 18.2. The van der Waals surface area contributed by atoms with Crippen LogP contribution in [-0.2, 0) is 9.53 Å². The number of nitrogens with one attached hydrogen (secondary N) is 1. The van der Waals surface area contributed by atoms with Gasteiger partial charge < -0.3 is 14.8 Å². The highest BCUT2D eigenvalue weighted by Crippen LogP contribution is 2.22. The molecule has 25 heavy (non-hydrogen) atoms. The number of carbonyl (C=O) groups is 1. The molecule has 0 aromatic heterocycles. The summed E-state index contributed by atoms with van der Waals surface area (Å²) in [5, 5.41) is 2.99. The minimum Gasteiger partial charge on any atom is -0.491 e. The number of likely N-dealkylation sites (N-methyl/N-ethyl adjacent to an activating group) is 1. The molecule has 1 N–H and O–H groups in total. The second-order valence-corrected chi connectivity index (χ2v) is 7.23. The first-order valence-electron chi connectivity index (χ1n) is 9.55. The number of amides is 1. The fourth-order valence-corrected chi connectivity index (χ4v) is 3.71. The highest BCUT2D eigenvalue weighted by molar-refractivity contribution is 5.92. The van der Waals surface area contributed by atoms with Gasteiger partial charge in [0.1, 0.15) is 12.4 Å². The van der Waals surface area contributed by atoms with Gasteiger partial charge in [0.15, 0.2) is 0 Å². The topological polar surface area (TPSA) is 50.8 Å². The van der Waals surface area contributed by atoms with E-state index in [4.69, 9.17) is 9.47 Å². The summed E-state index contributed by atoms with van der Waals surface area (Å²) in [4.78, 5) is 14.5. The zero-order valence-electron chi connectivity index (χ0n) is 15.2. The lowest BCUT2D eigenvalue weighted by atomic mass is 9.94. The molecule has 5 nitrogen and oxygen atoms in total. The maximum atomic E-state index is 12.3. The van der Waals surface area contributed by atoms with Crippen molar-refractivity contribution in [1.82, 2.24) is 4.90 Å². The van der Waals surface area contributed by atoms with Crippen molar-refractivity contribution in [1.29, 1.82) is 0 Å². The van der Waals surface area contributed by atoms with E-state index < -0.39 is 0 Å². The molecule has 1 aliphatic heterocycles. The standard InChI is InChI=1S/C20H30N2O3/c1-22(17-8-3-2-4-9-17)14-20(23)21-16-7-5-10-18(13-16)25-15-19-11-6-12-24-19/h5,7,10,13,17,19H,2-4,6,8-9,11-12,14-15H2,1H3,(H,21,23). The van der Waals surface area contributed by atoms with E-state index >= 15 is 0 Å². The van der Waals surface area contributed by atoms with E-state index in [0.29, 0.717) is 19.2 Å². The molecular formula is C20H30N2O3. The van der Waals surface area contributed by atoms with Gasteiger partial charge >= 0.3 is 0 Å². The van der Waals surface area contributed by atoms with E-state index in [0.717, 1.165) is 30.9 Å². The van der Waals surface area contributed by atoms with E-state index in [-0.39, 0.29) is 12.0 Å².